The average Bonchev–Trinajstić information content (AvgIpc) is 2.40. The highest BCUT2D eigenvalue weighted by atomic mass is 35.5. The fourth-order valence-corrected chi connectivity index (χ4v) is 2.03. The number of aromatic nitrogens is 1. The van der Waals surface area contributed by atoms with E-state index in [0.29, 0.717) is 5.75 Å². The molecule has 1 heterocycles. The number of pyridine rings is 1. The molecule has 0 bridgehead atoms. The Kier molecular flexibility index (Phi) is 4.19. The van der Waals surface area contributed by atoms with Crippen LogP contribution in [0.4, 0.5) is 0 Å². The standard InChI is InChI=1S/C16H16ClNO3/c1-16(2,3)10-4-6-11(7-5-10)21-14-13(17)12(15(19)20)8-9-18-14/h4-9H,1-3H3,(H,19,20). The number of carboxylic acid groups (broad SMARTS) is 1. The molecule has 4 nitrogen and oxygen atoms in total. The van der Waals surface area contributed by atoms with E-state index < -0.39 is 5.97 Å². The van der Waals surface area contributed by atoms with Crippen LogP contribution in [0.15, 0.2) is 36.5 Å². The zero-order valence-electron chi connectivity index (χ0n) is 12.1. The van der Waals surface area contributed by atoms with E-state index in [4.69, 9.17) is 21.4 Å². The molecule has 2 aromatic rings. The molecule has 21 heavy (non-hydrogen) atoms. The quantitative estimate of drug-likeness (QED) is 0.905. The third kappa shape index (κ3) is 3.52. The van der Waals surface area contributed by atoms with E-state index >= 15 is 0 Å². The van der Waals surface area contributed by atoms with Crippen LogP contribution in [0.2, 0.25) is 5.02 Å². The third-order valence-electron chi connectivity index (χ3n) is 3.02. The van der Waals surface area contributed by atoms with Crippen LogP contribution in [0, 0.1) is 0 Å². The molecule has 1 aromatic heterocycles. The number of ether oxygens (including phenoxy) is 1. The largest absolute Gasteiger partial charge is 0.478 e. The highest BCUT2D eigenvalue weighted by molar-refractivity contribution is 6.34. The maximum absolute atomic E-state index is 11.0. The number of hydrogen-bond acceptors (Lipinski definition) is 3. The van der Waals surface area contributed by atoms with Crippen molar-refractivity contribution in [3.63, 3.8) is 0 Å². The van der Waals surface area contributed by atoms with Gasteiger partial charge in [0.1, 0.15) is 10.8 Å². The predicted molar refractivity (Wildman–Crippen MR) is 81.4 cm³/mol. The summed E-state index contributed by atoms with van der Waals surface area (Å²) in [4.78, 5) is 15.0. The van der Waals surface area contributed by atoms with Gasteiger partial charge in [0.15, 0.2) is 0 Å². The van der Waals surface area contributed by atoms with Crippen molar-refractivity contribution in [1.82, 2.24) is 4.98 Å². The van der Waals surface area contributed by atoms with Crippen LogP contribution in [0.5, 0.6) is 11.6 Å². The number of hydrogen-bond donors (Lipinski definition) is 1. The second-order valence-electron chi connectivity index (χ2n) is 5.66. The maximum atomic E-state index is 11.0. The molecule has 0 unspecified atom stereocenters. The maximum Gasteiger partial charge on any atom is 0.337 e. The second-order valence-corrected chi connectivity index (χ2v) is 6.04. The fraction of sp³-hybridized carbons (Fsp3) is 0.250. The summed E-state index contributed by atoms with van der Waals surface area (Å²) in [5, 5.41) is 9.00. The van der Waals surface area contributed by atoms with Gasteiger partial charge in [0.05, 0.1) is 5.56 Å². The van der Waals surface area contributed by atoms with E-state index in [0.717, 1.165) is 0 Å². The van der Waals surface area contributed by atoms with Crippen molar-refractivity contribution in [1.29, 1.82) is 0 Å². The molecule has 5 heteroatoms. The molecule has 0 aliphatic rings. The van der Waals surface area contributed by atoms with Gasteiger partial charge in [-0.15, -0.1) is 0 Å². The Morgan fingerprint density at radius 1 is 1.19 bits per heavy atom. The third-order valence-corrected chi connectivity index (χ3v) is 3.39. The molecular formula is C16H16ClNO3. The molecule has 0 fully saturated rings. The van der Waals surface area contributed by atoms with Gasteiger partial charge in [0.2, 0.25) is 5.88 Å². The Bertz CT molecular complexity index is 660. The number of aromatic carboxylic acids is 1. The van der Waals surface area contributed by atoms with Gasteiger partial charge in [-0.05, 0) is 29.2 Å². The summed E-state index contributed by atoms with van der Waals surface area (Å²) < 4.78 is 5.56. The lowest BCUT2D eigenvalue weighted by Crippen LogP contribution is -2.10. The number of halogens is 1. The first-order chi connectivity index (χ1) is 9.79. The summed E-state index contributed by atoms with van der Waals surface area (Å²) in [6.07, 6.45) is 1.36. The van der Waals surface area contributed by atoms with Crippen molar-refractivity contribution in [2.45, 2.75) is 26.2 Å². The zero-order chi connectivity index (χ0) is 15.6. The van der Waals surface area contributed by atoms with Gasteiger partial charge >= 0.3 is 5.97 Å². The highest BCUT2D eigenvalue weighted by Crippen LogP contribution is 2.31. The molecule has 0 spiro atoms. The molecule has 0 atom stereocenters. The Balaban J connectivity index is 2.27. The van der Waals surface area contributed by atoms with Crippen molar-refractivity contribution >= 4 is 17.6 Å². The SMILES string of the molecule is CC(C)(C)c1ccc(Oc2nccc(C(=O)O)c2Cl)cc1. The van der Waals surface area contributed by atoms with Gasteiger partial charge in [0, 0.05) is 6.20 Å². The summed E-state index contributed by atoms with van der Waals surface area (Å²) in [7, 11) is 0. The number of rotatable bonds is 3. The minimum atomic E-state index is -1.12. The van der Waals surface area contributed by atoms with Crippen LogP contribution in [-0.2, 0) is 5.41 Å². The minimum Gasteiger partial charge on any atom is -0.478 e. The van der Waals surface area contributed by atoms with E-state index in [1.165, 1.54) is 17.8 Å². The van der Waals surface area contributed by atoms with Crippen molar-refractivity contribution in [2.75, 3.05) is 0 Å². The van der Waals surface area contributed by atoms with Gasteiger partial charge in [-0.2, -0.15) is 0 Å². The van der Waals surface area contributed by atoms with Crippen LogP contribution >= 0.6 is 11.6 Å². The van der Waals surface area contributed by atoms with E-state index in [9.17, 15) is 4.79 Å². The van der Waals surface area contributed by atoms with Crippen molar-refractivity contribution in [3.05, 3.63) is 52.7 Å². The first-order valence-corrected chi connectivity index (χ1v) is 6.83. The predicted octanol–water partition coefficient (Wildman–Crippen LogP) is 4.52. The smallest absolute Gasteiger partial charge is 0.337 e. The Morgan fingerprint density at radius 3 is 2.33 bits per heavy atom. The summed E-state index contributed by atoms with van der Waals surface area (Å²) in [6, 6.07) is 8.88. The van der Waals surface area contributed by atoms with Crippen LogP contribution in [-0.4, -0.2) is 16.1 Å². The lowest BCUT2D eigenvalue weighted by atomic mass is 9.87. The Hall–Kier alpha value is -2.07. The number of benzene rings is 1. The first kappa shape index (κ1) is 15.3. The average molecular weight is 306 g/mol. The van der Waals surface area contributed by atoms with Crippen molar-refractivity contribution in [2.24, 2.45) is 0 Å². The summed E-state index contributed by atoms with van der Waals surface area (Å²) >= 11 is 5.99. The molecule has 0 saturated heterocycles. The molecule has 2 rings (SSSR count). The normalized spacial score (nSPS) is 11.2. The Morgan fingerprint density at radius 2 is 1.81 bits per heavy atom. The monoisotopic (exact) mass is 305 g/mol. The minimum absolute atomic E-state index is 0.00935. The van der Waals surface area contributed by atoms with Crippen LogP contribution in [0.3, 0.4) is 0 Å². The molecule has 1 aromatic carbocycles. The van der Waals surface area contributed by atoms with Crippen LogP contribution < -0.4 is 4.74 Å². The van der Waals surface area contributed by atoms with Crippen molar-refractivity contribution < 1.29 is 14.6 Å². The summed E-state index contributed by atoms with van der Waals surface area (Å²) in [5.74, 6) is -0.477. The lowest BCUT2D eigenvalue weighted by molar-refractivity contribution is 0.0696. The van der Waals surface area contributed by atoms with Crippen LogP contribution in [0.1, 0.15) is 36.7 Å². The number of carbonyl (C=O) groups is 1. The van der Waals surface area contributed by atoms with E-state index in [1.807, 2.05) is 24.3 Å². The van der Waals surface area contributed by atoms with Gasteiger partial charge in [-0.3, -0.25) is 0 Å². The molecule has 0 amide bonds. The van der Waals surface area contributed by atoms with Crippen LogP contribution in [0.25, 0.3) is 0 Å². The van der Waals surface area contributed by atoms with E-state index in [-0.39, 0.29) is 21.9 Å². The number of carboxylic acids is 1. The second kappa shape index (κ2) is 5.74. The first-order valence-electron chi connectivity index (χ1n) is 6.45. The topological polar surface area (TPSA) is 59.4 Å². The number of nitrogens with zero attached hydrogens (tertiary/aromatic N) is 1. The molecule has 1 N–H and O–H groups in total. The van der Waals surface area contributed by atoms with Crippen molar-refractivity contribution in [3.8, 4) is 11.6 Å². The molecule has 0 saturated carbocycles. The van der Waals surface area contributed by atoms with Gasteiger partial charge in [0.25, 0.3) is 0 Å². The molecule has 0 aliphatic carbocycles. The van der Waals surface area contributed by atoms with E-state index in [2.05, 4.69) is 25.8 Å². The zero-order valence-corrected chi connectivity index (χ0v) is 12.8. The highest BCUT2D eigenvalue weighted by Gasteiger charge is 2.16. The summed E-state index contributed by atoms with van der Waals surface area (Å²) in [6.45, 7) is 6.37. The van der Waals surface area contributed by atoms with Gasteiger partial charge in [-0.1, -0.05) is 44.5 Å². The molecule has 0 radical (unpaired) electrons. The molecular weight excluding hydrogens is 290 g/mol. The summed E-state index contributed by atoms with van der Waals surface area (Å²) in [5.41, 5.74) is 1.19. The molecule has 0 aliphatic heterocycles. The Labute approximate surface area is 128 Å². The van der Waals surface area contributed by atoms with Gasteiger partial charge in [-0.25, -0.2) is 9.78 Å². The van der Waals surface area contributed by atoms with E-state index in [1.54, 1.807) is 0 Å². The molecule has 110 valence electrons. The lowest BCUT2D eigenvalue weighted by Gasteiger charge is -2.19. The van der Waals surface area contributed by atoms with Gasteiger partial charge < -0.3 is 9.84 Å². The fourth-order valence-electron chi connectivity index (χ4n) is 1.80.